The molecule has 236 valence electrons. The van der Waals surface area contributed by atoms with Gasteiger partial charge in [0.1, 0.15) is 54.0 Å². The molecule has 7 rings (SSSR count). The number of fused-ring (bicyclic) bond motifs is 5. The minimum absolute atomic E-state index is 0.102. The van der Waals surface area contributed by atoms with E-state index in [4.69, 9.17) is 39.0 Å². The predicted octanol–water partition coefficient (Wildman–Crippen LogP) is 0.845. The Morgan fingerprint density at radius 2 is 1.41 bits per heavy atom. The van der Waals surface area contributed by atoms with E-state index in [9.17, 15) is 19.3 Å². The quantitative estimate of drug-likeness (QED) is 0.126. The molecule has 4 aromatic rings. The topological polar surface area (TPSA) is 256 Å². The first-order chi connectivity index (χ1) is 20.9. The molecule has 0 spiro atoms. The van der Waals surface area contributed by atoms with E-state index in [1.165, 1.54) is 34.3 Å². The third-order valence-electron chi connectivity index (χ3n) is 7.36. The zero-order chi connectivity index (χ0) is 31.0. The van der Waals surface area contributed by atoms with E-state index in [2.05, 4.69) is 49.4 Å². The van der Waals surface area contributed by atoms with Crippen molar-refractivity contribution in [3.8, 4) is 0 Å². The molecule has 7 heterocycles. The molecule has 6 N–H and O–H groups in total. The maximum Gasteiger partial charge on any atom is 0.386 e. The van der Waals surface area contributed by atoms with Crippen molar-refractivity contribution in [1.82, 2.24) is 34.1 Å². The molecule has 3 saturated heterocycles. The van der Waals surface area contributed by atoms with Crippen LogP contribution < -0.4 is 11.5 Å². The number of aliphatic hydroxyl groups is 2. The Bertz CT molecular complexity index is 1830. The summed E-state index contributed by atoms with van der Waals surface area (Å²) in [6, 6.07) is 1.56. The maximum atomic E-state index is 13.5. The summed E-state index contributed by atoms with van der Waals surface area (Å²) in [5, 5.41) is 22.4. The van der Waals surface area contributed by atoms with Crippen molar-refractivity contribution in [2.75, 3.05) is 24.7 Å². The van der Waals surface area contributed by atoms with Gasteiger partial charge >= 0.3 is 13.6 Å². The lowest BCUT2D eigenvalue weighted by atomic mass is 10.1. The van der Waals surface area contributed by atoms with Crippen molar-refractivity contribution >= 4 is 71.9 Å². The Kier molecular flexibility index (Phi) is 7.67. The average molecular weight is 690 g/mol. The van der Waals surface area contributed by atoms with Gasteiger partial charge in [0, 0.05) is 6.20 Å². The Morgan fingerprint density at radius 1 is 0.795 bits per heavy atom. The lowest BCUT2D eigenvalue weighted by Crippen LogP contribution is -2.35. The summed E-state index contributed by atoms with van der Waals surface area (Å²) in [4.78, 5) is 20.8. The Balaban J connectivity index is 1.20. The SMILES string of the molecule is Nc1ncnc2c1ncn2[C@@H]1O[C@@H]2CO[P@@](=O)(S)O[C@@H]3C(O)[C@@H](CO[P@@](=O)(S)O[C@H]2[C@H]1O)O[C@H]3n1cnc2c(N)ccnc21. The van der Waals surface area contributed by atoms with Gasteiger partial charge in [-0.3, -0.25) is 27.2 Å². The molecule has 0 aromatic carbocycles. The summed E-state index contributed by atoms with van der Waals surface area (Å²) in [6.07, 6.45) is -5.18. The zero-order valence-electron chi connectivity index (χ0n) is 22.2. The first-order valence-electron chi connectivity index (χ1n) is 12.9. The van der Waals surface area contributed by atoms with Crippen molar-refractivity contribution in [3.63, 3.8) is 0 Å². The largest absolute Gasteiger partial charge is 0.397 e. The molecule has 23 heteroatoms. The van der Waals surface area contributed by atoms with Gasteiger partial charge in [-0.1, -0.05) is 24.5 Å². The van der Waals surface area contributed by atoms with E-state index in [0.29, 0.717) is 11.2 Å². The summed E-state index contributed by atoms with van der Waals surface area (Å²) in [5.74, 6) is 0.102. The highest BCUT2D eigenvalue weighted by Gasteiger charge is 2.53. The zero-order valence-corrected chi connectivity index (χ0v) is 25.7. The number of thiol groups is 2. The minimum Gasteiger partial charge on any atom is -0.397 e. The second-order valence-electron chi connectivity index (χ2n) is 10.1. The van der Waals surface area contributed by atoms with Crippen LogP contribution in [-0.4, -0.2) is 94.1 Å². The summed E-state index contributed by atoms with van der Waals surface area (Å²) in [5.41, 5.74) is 13.4. The number of hydrogen-bond donors (Lipinski definition) is 6. The van der Waals surface area contributed by atoms with E-state index >= 15 is 0 Å². The Labute approximate surface area is 257 Å². The number of nitrogens with zero attached hydrogens (tertiary/aromatic N) is 7. The summed E-state index contributed by atoms with van der Waals surface area (Å²) in [7, 11) is 0. The fourth-order valence-electron chi connectivity index (χ4n) is 5.31. The summed E-state index contributed by atoms with van der Waals surface area (Å²) in [6.45, 7) is -9.63. The molecule has 2 bridgehead atoms. The van der Waals surface area contributed by atoms with Crippen molar-refractivity contribution in [1.29, 1.82) is 0 Å². The Hall–Kier alpha value is -2.39. The van der Waals surface area contributed by atoms with Crippen LogP contribution in [0.3, 0.4) is 0 Å². The molecule has 19 nitrogen and oxygen atoms in total. The standard InChI is InChI=1S/C21H25N9O10P2S2/c22-8-1-2-24-18-11(8)27-6-30(18)21-16-13(31)9(37-21)3-35-41(33,43)39-15-10(4-36-42(34,44)40-16)38-20(14(15)32)29-7-28-12-17(23)25-5-26-19(12)29/h1-2,5-7,9-10,13-16,20-21,31-32H,3-4H2,(H2,22,24)(H,33,43)(H,34,44)(H2,23,25,26)/t9-,10-,13?,14-,15-,16-,20-,21-,41-,42-/m1/s1. The normalized spacial score (nSPS) is 38.3. The van der Waals surface area contributed by atoms with Crippen LogP contribution in [0.5, 0.6) is 0 Å². The average Bonchev–Trinajstić information content (AvgIpc) is 3.73. The van der Waals surface area contributed by atoms with Gasteiger partial charge in [-0.25, -0.2) is 34.0 Å². The molecule has 44 heavy (non-hydrogen) atoms. The van der Waals surface area contributed by atoms with Gasteiger partial charge in [-0.15, -0.1) is 0 Å². The van der Waals surface area contributed by atoms with Crippen LogP contribution in [0.4, 0.5) is 11.5 Å². The van der Waals surface area contributed by atoms with Crippen molar-refractivity contribution in [2.45, 2.75) is 49.1 Å². The third kappa shape index (κ3) is 5.29. The molecule has 0 aliphatic carbocycles. The van der Waals surface area contributed by atoms with Crippen LogP contribution in [0.2, 0.25) is 0 Å². The number of rotatable bonds is 2. The molecule has 0 radical (unpaired) electrons. The molecule has 3 aliphatic heterocycles. The van der Waals surface area contributed by atoms with Crippen molar-refractivity contribution in [2.24, 2.45) is 0 Å². The highest BCUT2D eigenvalue weighted by Crippen LogP contribution is 2.60. The smallest absolute Gasteiger partial charge is 0.386 e. The van der Waals surface area contributed by atoms with Crippen LogP contribution in [0, 0.1) is 0 Å². The number of nitrogen functional groups attached to an aromatic ring is 2. The highest BCUT2D eigenvalue weighted by atomic mass is 32.7. The molecule has 3 aliphatic rings. The van der Waals surface area contributed by atoms with Gasteiger partial charge in [0.25, 0.3) is 0 Å². The first-order valence-corrected chi connectivity index (χ1v) is 18.3. The van der Waals surface area contributed by atoms with Crippen LogP contribution in [0.25, 0.3) is 22.3 Å². The molecule has 3 fully saturated rings. The number of imidazole rings is 2. The minimum atomic E-state index is -4.30. The summed E-state index contributed by atoms with van der Waals surface area (Å²) < 4.78 is 64.2. The molecule has 4 aromatic heterocycles. The van der Waals surface area contributed by atoms with Gasteiger partial charge in [-0.05, 0) is 6.07 Å². The second-order valence-corrected chi connectivity index (χ2v) is 15.8. The van der Waals surface area contributed by atoms with Gasteiger partial charge in [-0.2, -0.15) is 0 Å². The Morgan fingerprint density at radius 3 is 2.16 bits per heavy atom. The summed E-state index contributed by atoms with van der Waals surface area (Å²) >= 11 is 8.19. The number of nitrogens with two attached hydrogens (primary N) is 2. The third-order valence-corrected chi connectivity index (χ3v) is 10.6. The van der Waals surface area contributed by atoms with Crippen LogP contribution in [0.1, 0.15) is 12.5 Å². The fourth-order valence-corrected chi connectivity index (χ4v) is 8.26. The highest BCUT2D eigenvalue weighted by molar-refractivity contribution is 8.44. The van der Waals surface area contributed by atoms with Gasteiger partial charge in [0.15, 0.2) is 29.6 Å². The number of pyridine rings is 1. The number of hydrogen-bond acceptors (Lipinski definition) is 17. The molecule has 1 unspecified atom stereocenters. The predicted molar refractivity (Wildman–Crippen MR) is 156 cm³/mol. The van der Waals surface area contributed by atoms with Gasteiger partial charge < -0.3 is 31.2 Å². The van der Waals surface area contributed by atoms with Crippen molar-refractivity contribution in [3.05, 3.63) is 31.2 Å². The second kappa shape index (κ2) is 11.1. The maximum absolute atomic E-state index is 13.5. The van der Waals surface area contributed by atoms with E-state index < -0.39 is 75.9 Å². The van der Waals surface area contributed by atoms with Gasteiger partial charge in [0.05, 0.1) is 31.6 Å². The molecule has 0 saturated carbocycles. The fraction of sp³-hybridized carbons (Fsp3) is 0.476. The molecular formula is C21H25N9O10P2S2. The van der Waals surface area contributed by atoms with E-state index in [-0.39, 0.29) is 22.6 Å². The van der Waals surface area contributed by atoms with E-state index in [0.717, 1.165) is 0 Å². The van der Waals surface area contributed by atoms with Crippen LogP contribution in [0.15, 0.2) is 31.2 Å². The number of aliphatic hydroxyl groups excluding tert-OH is 2. The molecular weight excluding hydrogens is 664 g/mol. The van der Waals surface area contributed by atoms with Crippen LogP contribution in [-0.2, 0) is 36.7 Å². The first kappa shape index (κ1) is 30.3. The monoisotopic (exact) mass is 689 g/mol. The molecule has 0 amide bonds. The number of anilines is 2. The van der Waals surface area contributed by atoms with E-state index in [1.807, 2.05) is 0 Å². The number of ether oxygens (including phenoxy) is 2. The van der Waals surface area contributed by atoms with Crippen LogP contribution >= 0.6 is 38.1 Å². The van der Waals surface area contributed by atoms with Gasteiger partial charge in [0.2, 0.25) is 0 Å². The lowest BCUT2D eigenvalue weighted by molar-refractivity contribution is -0.0575. The number of aromatic nitrogens is 7. The van der Waals surface area contributed by atoms with E-state index in [1.54, 1.807) is 6.07 Å². The van der Waals surface area contributed by atoms with Crippen molar-refractivity contribution < 1.29 is 46.9 Å². The lowest BCUT2D eigenvalue weighted by Gasteiger charge is -2.26. The molecule has 10 atom stereocenters.